The standard InChI is InChI=1S/C36H24ClF3/c37-31-17-9-16-29(21-31)35-32(28-19-18-24-10-7-8-15-27(24)20-28)22-30(23-33(35)36(38,39)40)34(25-11-3-1-4-12-25)26-13-5-2-6-14-26/h1-23,34H. The van der Waals surface area contributed by atoms with Crippen molar-refractivity contribution in [3.63, 3.8) is 0 Å². The van der Waals surface area contributed by atoms with Gasteiger partial charge in [0.15, 0.2) is 0 Å². The van der Waals surface area contributed by atoms with Gasteiger partial charge in [-0.25, -0.2) is 0 Å². The monoisotopic (exact) mass is 548 g/mol. The van der Waals surface area contributed by atoms with Gasteiger partial charge in [0.1, 0.15) is 0 Å². The Labute approximate surface area is 236 Å². The Balaban J connectivity index is 1.70. The minimum absolute atomic E-state index is 0.119. The molecule has 6 rings (SSSR count). The molecule has 0 aliphatic heterocycles. The van der Waals surface area contributed by atoms with E-state index in [2.05, 4.69) is 0 Å². The highest BCUT2D eigenvalue weighted by atomic mass is 35.5. The fourth-order valence-corrected chi connectivity index (χ4v) is 5.65. The summed E-state index contributed by atoms with van der Waals surface area (Å²) in [6.45, 7) is 0. The van der Waals surface area contributed by atoms with E-state index in [9.17, 15) is 13.2 Å². The molecule has 0 spiro atoms. The van der Waals surface area contributed by atoms with Crippen LogP contribution in [0.25, 0.3) is 33.0 Å². The first-order valence-corrected chi connectivity index (χ1v) is 13.4. The van der Waals surface area contributed by atoms with Crippen LogP contribution in [-0.4, -0.2) is 0 Å². The van der Waals surface area contributed by atoms with Crippen molar-refractivity contribution < 1.29 is 13.2 Å². The zero-order valence-corrected chi connectivity index (χ0v) is 22.1. The van der Waals surface area contributed by atoms with Crippen LogP contribution in [0.3, 0.4) is 0 Å². The van der Waals surface area contributed by atoms with Gasteiger partial charge in [-0.15, -0.1) is 0 Å². The first kappa shape index (κ1) is 25.9. The van der Waals surface area contributed by atoms with Gasteiger partial charge < -0.3 is 0 Å². The van der Waals surface area contributed by atoms with Gasteiger partial charge in [-0.1, -0.05) is 121 Å². The van der Waals surface area contributed by atoms with E-state index in [-0.39, 0.29) is 5.56 Å². The van der Waals surface area contributed by atoms with Crippen LogP contribution in [0.5, 0.6) is 0 Å². The fourth-order valence-electron chi connectivity index (χ4n) is 5.46. The van der Waals surface area contributed by atoms with Gasteiger partial charge >= 0.3 is 6.18 Å². The van der Waals surface area contributed by atoms with Crippen LogP contribution in [0.1, 0.15) is 28.2 Å². The van der Waals surface area contributed by atoms with Crippen molar-refractivity contribution in [1.82, 2.24) is 0 Å². The molecule has 0 bridgehead atoms. The first-order valence-electron chi connectivity index (χ1n) is 13.0. The topological polar surface area (TPSA) is 0 Å². The molecule has 0 saturated heterocycles. The van der Waals surface area contributed by atoms with Crippen LogP contribution in [0.2, 0.25) is 5.02 Å². The van der Waals surface area contributed by atoms with Crippen molar-refractivity contribution in [2.45, 2.75) is 12.1 Å². The Morgan fingerprint density at radius 3 is 1.75 bits per heavy atom. The zero-order valence-electron chi connectivity index (χ0n) is 21.4. The smallest absolute Gasteiger partial charge is 0.166 e. The second-order valence-corrected chi connectivity index (χ2v) is 10.3. The average Bonchev–Trinajstić information content (AvgIpc) is 2.97. The number of hydrogen-bond donors (Lipinski definition) is 0. The molecule has 196 valence electrons. The minimum atomic E-state index is -4.60. The maximum absolute atomic E-state index is 15.0. The van der Waals surface area contributed by atoms with Gasteiger partial charge in [-0.3, -0.25) is 0 Å². The van der Waals surface area contributed by atoms with E-state index in [0.29, 0.717) is 27.3 Å². The third kappa shape index (κ3) is 5.13. The molecule has 6 aromatic rings. The summed E-state index contributed by atoms with van der Waals surface area (Å²) >= 11 is 6.30. The Morgan fingerprint density at radius 1 is 0.500 bits per heavy atom. The lowest BCUT2D eigenvalue weighted by Crippen LogP contribution is -2.12. The van der Waals surface area contributed by atoms with Gasteiger partial charge in [-0.05, 0) is 74.5 Å². The lowest BCUT2D eigenvalue weighted by Gasteiger charge is -2.25. The molecule has 0 heterocycles. The number of hydrogen-bond acceptors (Lipinski definition) is 0. The average molecular weight is 549 g/mol. The van der Waals surface area contributed by atoms with Crippen LogP contribution in [-0.2, 0) is 6.18 Å². The SMILES string of the molecule is FC(F)(F)c1cc(C(c2ccccc2)c2ccccc2)cc(-c2ccc3ccccc3c2)c1-c1cccc(Cl)c1. The van der Waals surface area contributed by atoms with Crippen molar-refractivity contribution in [3.8, 4) is 22.3 Å². The maximum Gasteiger partial charge on any atom is 0.417 e. The Hall–Kier alpha value is -4.34. The van der Waals surface area contributed by atoms with E-state index in [1.165, 1.54) is 6.07 Å². The van der Waals surface area contributed by atoms with Crippen LogP contribution in [0.4, 0.5) is 13.2 Å². The molecule has 0 nitrogen and oxygen atoms in total. The number of benzene rings is 6. The molecule has 0 fully saturated rings. The third-order valence-corrected chi connectivity index (χ3v) is 7.47. The number of halogens is 4. The molecule has 0 unspecified atom stereocenters. The summed E-state index contributed by atoms with van der Waals surface area (Å²) in [6.07, 6.45) is -4.60. The van der Waals surface area contributed by atoms with Gasteiger partial charge in [0, 0.05) is 16.5 Å². The highest BCUT2D eigenvalue weighted by molar-refractivity contribution is 6.30. The summed E-state index contributed by atoms with van der Waals surface area (Å²) in [5.74, 6) is -0.392. The molecule has 0 aliphatic carbocycles. The van der Waals surface area contributed by atoms with Crippen molar-refractivity contribution in [1.29, 1.82) is 0 Å². The summed E-state index contributed by atoms with van der Waals surface area (Å²) in [6, 6.07) is 42.9. The highest BCUT2D eigenvalue weighted by Gasteiger charge is 2.36. The molecular formula is C36H24ClF3. The van der Waals surface area contributed by atoms with Crippen molar-refractivity contribution in [3.05, 3.63) is 167 Å². The van der Waals surface area contributed by atoms with E-state index >= 15 is 0 Å². The molecule has 4 heteroatoms. The summed E-state index contributed by atoms with van der Waals surface area (Å²) in [7, 11) is 0. The molecule has 0 amide bonds. The van der Waals surface area contributed by atoms with Crippen molar-refractivity contribution in [2.75, 3.05) is 0 Å². The highest BCUT2D eigenvalue weighted by Crippen LogP contribution is 2.47. The Kier molecular flexibility index (Phi) is 6.91. The Bertz CT molecular complexity index is 1750. The molecule has 0 aromatic heterocycles. The molecule has 0 N–H and O–H groups in total. The molecule has 40 heavy (non-hydrogen) atoms. The number of alkyl halides is 3. The predicted octanol–water partition coefficient (Wildman–Crippen LogP) is 11.0. The van der Waals surface area contributed by atoms with E-state index < -0.39 is 17.7 Å². The second kappa shape index (κ2) is 10.7. The maximum atomic E-state index is 15.0. The largest absolute Gasteiger partial charge is 0.417 e. The number of rotatable bonds is 5. The van der Waals surface area contributed by atoms with E-state index in [0.717, 1.165) is 21.9 Å². The zero-order chi connectivity index (χ0) is 27.7. The molecule has 0 radical (unpaired) electrons. The molecule has 0 atom stereocenters. The normalized spacial score (nSPS) is 11.7. The van der Waals surface area contributed by atoms with E-state index in [4.69, 9.17) is 11.6 Å². The van der Waals surface area contributed by atoms with Crippen LogP contribution < -0.4 is 0 Å². The molecule has 6 aromatic carbocycles. The quantitative estimate of drug-likeness (QED) is 0.188. The van der Waals surface area contributed by atoms with Gasteiger partial charge in [0.2, 0.25) is 0 Å². The fraction of sp³-hybridized carbons (Fsp3) is 0.0556. The second-order valence-electron chi connectivity index (χ2n) is 9.82. The predicted molar refractivity (Wildman–Crippen MR) is 159 cm³/mol. The molecular weight excluding hydrogens is 525 g/mol. The van der Waals surface area contributed by atoms with Gasteiger partial charge in [0.25, 0.3) is 0 Å². The lowest BCUT2D eigenvalue weighted by molar-refractivity contribution is -0.137. The van der Waals surface area contributed by atoms with Gasteiger partial charge in [0.05, 0.1) is 5.56 Å². The molecule has 0 saturated carbocycles. The Morgan fingerprint density at radius 2 is 1.12 bits per heavy atom. The summed E-state index contributed by atoms with van der Waals surface area (Å²) < 4.78 is 45.0. The van der Waals surface area contributed by atoms with Gasteiger partial charge in [-0.2, -0.15) is 13.2 Å². The lowest BCUT2D eigenvalue weighted by atomic mass is 9.80. The third-order valence-electron chi connectivity index (χ3n) is 7.24. The van der Waals surface area contributed by atoms with Crippen molar-refractivity contribution >= 4 is 22.4 Å². The first-order chi connectivity index (χ1) is 19.4. The summed E-state index contributed by atoms with van der Waals surface area (Å²) in [5.41, 5.74) is 3.48. The van der Waals surface area contributed by atoms with E-state index in [1.54, 1.807) is 24.3 Å². The number of fused-ring (bicyclic) bond motifs is 1. The van der Waals surface area contributed by atoms with Crippen LogP contribution in [0, 0.1) is 0 Å². The summed E-state index contributed by atoms with van der Waals surface area (Å²) in [5, 5.41) is 2.36. The van der Waals surface area contributed by atoms with Crippen molar-refractivity contribution in [2.24, 2.45) is 0 Å². The van der Waals surface area contributed by atoms with Crippen LogP contribution in [0.15, 0.2) is 140 Å². The minimum Gasteiger partial charge on any atom is -0.166 e. The van der Waals surface area contributed by atoms with Crippen LogP contribution >= 0.6 is 11.6 Å². The molecule has 0 aliphatic rings. The summed E-state index contributed by atoms with van der Waals surface area (Å²) in [4.78, 5) is 0. The van der Waals surface area contributed by atoms with E-state index in [1.807, 2.05) is 109 Å².